The number of anilines is 5. The zero-order valence-electron chi connectivity index (χ0n) is 26.4. The Balaban J connectivity index is 1.26. The van der Waals surface area contributed by atoms with Gasteiger partial charge in [-0.3, -0.25) is 9.97 Å². The number of aromatic nitrogens is 4. The number of likely N-dealkylation sites (tertiary alicyclic amines) is 1. The molecule has 45 heavy (non-hydrogen) atoms. The van der Waals surface area contributed by atoms with Gasteiger partial charge in [-0.15, -0.1) is 0 Å². The molecule has 5 aromatic rings. The van der Waals surface area contributed by atoms with Gasteiger partial charge in [0.05, 0.1) is 34.8 Å². The molecule has 3 aromatic carbocycles. The molecule has 11 heteroatoms. The highest BCUT2D eigenvalue weighted by Crippen LogP contribution is 2.42. The van der Waals surface area contributed by atoms with Crippen LogP contribution in [-0.4, -0.2) is 78.5 Å². The van der Waals surface area contributed by atoms with Gasteiger partial charge < -0.3 is 29.7 Å². The van der Waals surface area contributed by atoms with Gasteiger partial charge in [-0.05, 0) is 74.5 Å². The Labute approximate surface area is 263 Å². The quantitative estimate of drug-likeness (QED) is 0.204. The predicted octanol–water partition coefficient (Wildman–Crippen LogP) is 5.88. The summed E-state index contributed by atoms with van der Waals surface area (Å²) in [5, 5.41) is 8.44. The molecular formula is C34H39N8O2P. The van der Waals surface area contributed by atoms with Crippen LogP contribution in [0.1, 0.15) is 12.5 Å². The SMILES string of the molecule is CCc1cc(Nc2nc(Nc3ccc4nccnc4c3P(C)(C)=O)c3ccccc3n2)c(OC)cc1N1C[C@H]2CN(C)C[C@H]2C1. The number of aryl methyl sites for hydroxylation is 1. The van der Waals surface area contributed by atoms with Crippen molar-refractivity contribution in [2.75, 3.05) is 69.2 Å². The van der Waals surface area contributed by atoms with E-state index in [4.69, 9.17) is 14.7 Å². The normalized spacial score (nSPS) is 18.5. The summed E-state index contributed by atoms with van der Waals surface area (Å²) in [7, 11) is 1.17. The smallest absolute Gasteiger partial charge is 0.229 e. The maximum absolute atomic E-state index is 13.6. The van der Waals surface area contributed by atoms with E-state index in [2.05, 4.69) is 56.5 Å². The Morgan fingerprint density at radius 2 is 1.67 bits per heavy atom. The van der Waals surface area contributed by atoms with Crippen LogP contribution in [0.2, 0.25) is 0 Å². The molecule has 232 valence electrons. The first-order valence-electron chi connectivity index (χ1n) is 15.5. The van der Waals surface area contributed by atoms with Crippen molar-refractivity contribution in [1.82, 2.24) is 24.8 Å². The molecule has 0 saturated carbocycles. The molecule has 2 N–H and O–H groups in total. The molecule has 0 radical (unpaired) electrons. The summed E-state index contributed by atoms with van der Waals surface area (Å²) in [5.41, 5.74) is 6.09. The fraction of sp³-hybridized carbons (Fsp3) is 0.353. The van der Waals surface area contributed by atoms with E-state index in [0.29, 0.717) is 45.6 Å². The van der Waals surface area contributed by atoms with Crippen molar-refractivity contribution in [1.29, 1.82) is 0 Å². The fourth-order valence-electron chi connectivity index (χ4n) is 7.03. The fourth-order valence-corrected chi connectivity index (χ4v) is 8.42. The van der Waals surface area contributed by atoms with Gasteiger partial charge in [-0.1, -0.05) is 19.1 Å². The third kappa shape index (κ3) is 5.57. The van der Waals surface area contributed by atoms with Gasteiger partial charge in [-0.2, -0.15) is 4.98 Å². The molecule has 0 spiro atoms. The second-order valence-electron chi connectivity index (χ2n) is 12.6. The van der Waals surface area contributed by atoms with Crippen LogP contribution in [0, 0.1) is 11.8 Å². The van der Waals surface area contributed by atoms with Gasteiger partial charge in [0.15, 0.2) is 0 Å². The number of nitrogens with one attached hydrogen (secondary N) is 2. The molecule has 2 aliphatic heterocycles. The average Bonchev–Trinajstić information content (AvgIpc) is 3.57. The minimum Gasteiger partial charge on any atom is -0.494 e. The molecule has 2 aliphatic rings. The van der Waals surface area contributed by atoms with Crippen LogP contribution in [0.15, 0.2) is 60.9 Å². The Bertz CT molecular complexity index is 1950. The lowest BCUT2D eigenvalue weighted by atomic mass is 10.0. The maximum Gasteiger partial charge on any atom is 0.229 e. The second-order valence-corrected chi connectivity index (χ2v) is 15.7. The molecule has 2 saturated heterocycles. The molecule has 0 bridgehead atoms. The molecule has 4 heterocycles. The van der Waals surface area contributed by atoms with Crippen LogP contribution < -0.4 is 25.6 Å². The zero-order chi connectivity index (χ0) is 31.3. The highest BCUT2D eigenvalue weighted by atomic mass is 31.2. The van der Waals surface area contributed by atoms with E-state index in [9.17, 15) is 4.57 Å². The van der Waals surface area contributed by atoms with Crippen LogP contribution in [0.4, 0.5) is 28.8 Å². The number of fused-ring (bicyclic) bond motifs is 3. The van der Waals surface area contributed by atoms with E-state index >= 15 is 0 Å². The third-order valence-corrected chi connectivity index (χ3v) is 10.6. The van der Waals surface area contributed by atoms with E-state index in [1.807, 2.05) is 36.4 Å². The third-order valence-electron chi connectivity index (χ3n) is 9.05. The Kier molecular flexibility index (Phi) is 7.58. The van der Waals surface area contributed by atoms with Crippen molar-refractivity contribution < 1.29 is 9.30 Å². The van der Waals surface area contributed by atoms with Gasteiger partial charge in [0.25, 0.3) is 0 Å². The zero-order valence-corrected chi connectivity index (χ0v) is 27.3. The first kappa shape index (κ1) is 29.4. The summed E-state index contributed by atoms with van der Waals surface area (Å²) in [6, 6.07) is 16.0. The minimum absolute atomic E-state index is 0.432. The number of rotatable bonds is 8. The lowest BCUT2D eigenvalue weighted by molar-refractivity contribution is 0.387. The molecule has 0 aliphatic carbocycles. The summed E-state index contributed by atoms with van der Waals surface area (Å²) < 4.78 is 19.5. The monoisotopic (exact) mass is 622 g/mol. The highest BCUT2D eigenvalue weighted by Gasteiger charge is 2.39. The predicted molar refractivity (Wildman–Crippen MR) is 184 cm³/mol. The maximum atomic E-state index is 13.6. The highest BCUT2D eigenvalue weighted by molar-refractivity contribution is 7.71. The van der Waals surface area contributed by atoms with Crippen molar-refractivity contribution in [3.05, 3.63) is 66.5 Å². The standard InChI is InChI=1S/C34H39N8O2P/c1-6-21-15-28(30(44-3)16-29(21)42-19-22-17-41(2)18-23(22)20-42)39-34-38-25-10-8-7-9-24(25)33(40-34)37-27-12-11-26-31(36-14-13-35-26)32(27)45(4,5)43/h7-16,22-23H,6,17-20H2,1-5H3,(H2,37,38,39,40)/t22-,23+. The average molecular weight is 623 g/mol. The van der Waals surface area contributed by atoms with Crippen molar-refractivity contribution >= 4 is 63.2 Å². The summed E-state index contributed by atoms with van der Waals surface area (Å²) >= 11 is 0. The largest absolute Gasteiger partial charge is 0.494 e. The summed E-state index contributed by atoms with van der Waals surface area (Å²) in [4.78, 5) is 23.8. The van der Waals surface area contributed by atoms with Gasteiger partial charge in [0.1, 0.15) is 24.2 Å². The lowest BCUT2D eigenvalue weighted by Crippen LogP contribution is -2.27. The Morgan fingerprint density at radius 1 is 0.911 bits per heavy atom. The number of ether oxygens (including phenoxy) is 1. The Hall–Kier alpha value is -4.27. The molecule has 2 fully saturated rings. The van der Waals surface area contributed by atoms with E-state index in [1.165, 1.54) is 11.3 Å². The number of methoxy groups -OCH3 is 1. The Morgan fingerprint density at radius 3 is 2.40 bits per heavy atom. The van der Waals surface area contributed by atoms with Crippen molar-refractivity contribution in [3.8, 4) is 5.75 Å². The van der Waals surface area contributed by atoms with Crippen molar-refractivity contribution in [2.24, 2.45) is 11.8 Å². The number of nitrogens with zero attached hydrogens (tertiary/aromatic N) is 6. The van der Waals surface area contributed by atoms with E-state index in [0.717, 1.165) is 54.9 Å². The van der Waals surface area contributed by atoms with Crippen LogP contribution in [0.3, 0.4) is 0 Å². The number of para-hydroxylation sites is 1. The number of hydrogen-bond acceptors (Lipinski definition) is 10. The number of benzene rings is 3. The van der Waals surface area contributed by atoms with E-state index in [-0.39, 0.29) is 0 Å². The van der Waals surface area contributed by atoms with Gasteiger partial charge in [0.2, 0.25) is 5.95 Å². The lowest BCUT2D eigenvalue weighted by Gasteiger charge is -2.25. The van der Waals surface area contributed by atoms with Crippen LogP contribution >= 0.6 is 7.14 Å². The second kappa shape index (κ2) is 11.6. The molecule has 0 unspecified atom stereocenters. The topological polar surface area (TPSA) is 108 Å². The minimum atomic E-state index is -2.76. The summed E-state index contributed by atoms with van der Waals surface area (Å²) in [6.07, 6.45) is 4.17. The van der Waals surface area contributed by atoms with Gasteiger partial charge >= 0.3 is 0 Å². The molecule has 0 amide bonds. The first-order valence-corrected chi connectivity index (χ1v) is 18.1. The van der Waals surface area contributed by atoms with Crippen LogP contribution in [0.25, 0.3) is 21.9 Å². The summed E-state index contributed by atoms with van der Waals surface area (Å²) in [6.45, 7) is 10.2. The van der Waals surface area contributed by atoms with Crippen molar-refractivity contribution in [3.63, 3.8) is 0 Å². The van der Waals surface area contributed by atoms with Gasteiger partial charge in [-0.25, -0.2) is 4.98 Å². The van der Waals surface area contributed by atoms with E-state index < -0.39 is 7.14 Å². The summed E-state index contributed by atoms with van der Waals surface area (Å²) in [5.74, 6) is 3.20. The van der Waals surface area contributed by atoms with Gasteiger partial charge in [0, 0.05) is 55.7 Å². The molecular weight excluding hydrogens is 583 g/mol. The molecule has 7 rings (SSSR count). The van der Waals surface area contributed by atoms with Crippen LogP contribution in [-0.2, 0) is 11.0 Å². The molecule has 2 aromatic heterocycles. The number of hydrogen-bond donors (Lipinski definition) is 2. The molecule has 10 nitrogen and oxygen atoms in total. The molecule has 2 atom stereocenters. The van der Waals surface area contributed by atoms with Crippen molar-refractivity contribution in [2.45, 2.75) is 13.3 Å². The van der Waals surface area contributed by atoms with Crippen LogP contribution in [0.5, 0.6) is 5.75 Å². The van der Waals surface area contributed by atoms with E-state index in [1.54, 1.807) is 32.8 Å². The first-order chi connectivity index (χ1) is 21.7.